The first-order valence-corrected chi connectivity index (χ1v) is 18.1. The Morgan fingerprint density at radius 1 is 1.09 bits per heavy atom. The minimum atomic E-state index is -4.08. The van der Waals surface area contributed by atoms with E-state index in [0.29, 0.717) is 37.2 Å². The zero-order valence-electron chi connectivity index (χ0n) is 25.6. The minimum absolute atomic E-state index is 0.00276. The van der Waals surface area contributed by atoms with Gasteiger partial charge in [0.15, 0.2) is 0 Å². The zero-order valence-corrected chi connectivity index (χ0v) is 27.2. The maximum Gasteiger partial charge on any atom is 0.264 e. The summed E-state index contributed by atoms with van der Waals surface area (Å²) in [5, 5.41) is 0.745. The Morgan fingerprint density at radius 2 is 1.91 bits per heavy atom. The van der Waals surface area contributed by atoms with Gasteiger partial charge in [-0.25, -0.2) is 13.1 Å². The number of aryl methyl sites for hydroxylation is 1. The van der Waals surface area contributed by atoms with Gasteiger partial charge in [0, 0.05) is 36.6 Å². The van der Waals surface area contributed by atoms with Gasteiger partial charge in [-0.1, -0.05) is 36.7 Å². The number of methoxy groups -OCH3 is 1. The van der Waals surface area contributed by atoms with E-state index in [9.17, 15) is 13.2 Å². The first kappa shape index (κ1) is 30.1. The second-order valence-electron chi connectivity index (χ2n) is 13.9. The van der Waals surface area contributed by atoms with Crippen molar-refractivity contribution >= 4 is 33.2 Å². The van der Waals surface area contributed by atoms with Crippen LogP contribution in [0.5, 0.6) is 5.75 Å². The van der Waals surface area contributed by atoms with Crippen molar-refractivity contribution in [1.29, 1.82) is 0 Å². The number of allylic oxidation sites excluding steroid dienone is 1. The Balaban J connectivity index is 1.31. The summed E-state index contributed by atoms with van der Waals surface area (Å²) in [7, 11) is -2.29. The van der Waals surface area contributed by atoms with Crippen LogP contribution in [-0.4, -0.2) is 47.2 Å². The number of sulfonamides is 1. The first-order valence-electron chi connectivity index (χ1n) is 16.2. The molecule has 0 radical (unpaired) electrons. The molecule has 236 valence electrons. The van der Waals surface area contributed by atoms with E-state index in [4.69, 9.17) is 21.1 Å². The SMILES string of the molecule is CO[C@H]1/C=C/C[C@H](C)[C@@H](C2CC2)C(=O)NS(=O)(=O)c2ccc3c(c2)N(C[C@@H]2CC[C@H]21)C[C@@]1(CCCc2cc(Cl)ccc21)CO3. The number of amides is 1. The third kappa shape index (κ3) is 5.56. The van der Waals surface area contributed by atoms with Gasteiger partial charge in [0.2, 0.25) is 5.91 Å². The molecule has 5 aliphatic rings. The molecule has 7 rings (SSSR count). The van der Waals surface area contributed by atoms with E-state index in [1.807, 2.05) is 6.07 Å². The smallest absolute Gasteiger partial charge is 0.264 e. The van der Waals surface area contributed by atoms with Crippen LogP contribution < -0.4 is 14.4 Å². The monoisotopic (exact) mass is 638 g/mol. The van der Waals surface area contributed by atoms with Crippen LogP contribution in [0, 0.1) is 29.6 Å². The summed E-state index contributed by atoms with van der Waals surface area (Å²) in [6.45, 7) is 4.05. The van der Waals surface area contributed by atoms with Crippen LogP contribution in [0.4, 0.5) is 5.69 Å². The third-order valence-electron chi connectivity index (χ3n) is 11.1. The molecule has 0 aromatic heterocycles. The molecule has 9 heteroatoms. The molecule has 3 aliphatic carbocycles. The number of benzene rings is 2. The van der Waals surface area contributed by atoms with Crippen molar-refractivity contribution in [2.75, 3.05) is 31.7 Å². The highest BCUT2D eigenvalue weighted by Crippen LogP contribution is 2.48. The number of carbonyl (C=O) groups is 1. The maximum absolute atomic E-state index is 13.7. The van der Waals surface area contributed by atoms with E-state index in [-0.39, 0.29) is 34.2 Å². The number of halogens is 1. The molecule has 1 spiro atoms. The molecule has 2 aromatic carbocycles. The van der Waals surface area contributed by atoms with Crippen LogP contribution >= 0.6 is 11.6 Å². The molecule has 0 unspecified atom stereocenters. The number of fused-ring (bicyclic) bond motifs is 4. The third-order valence-corrected chi connectivity index (χ3v) is 12.6. The molecule has 2 heterocycles. The molecular formula is C35H43ClN2O5S. The van der Waals surface area contributed by atoms with Gasteiger partial charge in [-0.15, -0.1) is 0 Å². The lowest BCUT2D eigenvalue weighted by molar-refractivity contribution is -0.125. The number of hydrogen-bond acceptors (Lipinski definition) is 6. The summed E-state index contributed by atoms with van der Waals surface area (Å²) in [6.07, 6.45) is 12.1. The lowest BCUT2D eigenvalue weighted by atomic mass is 9.68. The van der Waals surface area contributed by atoms with Gasteiger partial charge >= 0.3 is 0 Å². The fraction of sp³-hybridized carbons (Fsp3) is 0.571. The van der Waals surface area contributed by atoms with E-state index >= 15 is 0 Å². The van der Waals surface area contributed by atoms with Crippen LogP contribution in [0.1, 0.15) is 63.0 Å². The molecular weight excluding hydrogens is 596 g/mol. The Labute approximate surface area is 266 Å². The molecule has 1 amide bonds. The molecule has 6 atom stereocenters. The van der Waals surface area contributed by atoms with Gasteiger partial charge in [0.05, 0.1) is 23.3 Å². The van der Waals surface area contributed by atoms with Gasteiger partial charge in [-0.3, -0.25) is 4.79 Å². The maximum atomic E-state index is 13.7. The van der Waals surface area contributed by atoms with E-state index in [1.54, 1.807) is 25.3 Å². The fourth-order valence-electron chi connectivity index (χ4n) is 8.42. The summed E-state index contributed by atoms with van der Waals surface area (Å²) in [6, 6.07) is 11.3. The quantitative estimate of drug-likeness (QED) is 0.390. The summed E-state index contributed by atoms with van der Waals surface area (Å²) in [5.74, 6) is 0.944. The molecule has 0 saturated heterocycles. The van der Waals surface area contributed by atoms with E-state index in [2.05, 4.69) is 40.8 Å². The fourth-order valence-corrected chi connectivity index (χ4v) is 9.65. The standard InChI is InChI=1S/C35H43ClN2O5S/c1-22-5-3-7-31(42-2)28-13-10-25(28)19-38-20-35(16-4-6-24-17-26(36)11-14-29(24)35)21-43-32-15-12-27(18-30(32)38)44(40,41)37-34(39)33(22)23-8-9-23/h3,7,11-12,14-15,17-18,22-23,25,28,31,33H,4-6,8-10,13,16,19-21H2,1-2H3,(H,37,39)/b7-3+/t22-,25-,28+,31-,33-,35-/m0/s1. The van der Waals surface area contributed by atoms with Crippen LogP contribution in [-0.2, 0) is 31.4 Å². The van der Waals surface area contributed by atoms with Gasteiger partial charge in [-0.05, 0) is 116 Å². The molecule has 2 saturated carbocycles. The summed E-state index contributed by atoms with van der Waals surface area (Å²) in [4.78, 5) is 16.0. The highest BCUT2D eigenvalue weighted by Gasteiger charge is 2.45. The average Bonchev–Trinajstić information content (AvgIpc) is 3.82. The average molecular weight is 639 g/mol. The molecule has 2 aromatic rings. The van der Waals surface area contributed by atoms with Crippen LogP contribution in [0.15, 0.2) is 53.4 Å². The van der Waals surface area contributed by atoms with E-state index < -0.39 is 15.9 Å². The lowest BCUT2D eigenvalue weighted by Gasteiger charge is -2.46. The van der Waals surface area contributed by atoms with Crippen molar-refractivity contribution in [2.24, 2.45) is 29.6 Å². The second-order valence-corrected chi connectivity index (χ2v) is 16.0. The van der Waals surface area contributed by atoms with Gasteiger partial charge < -0.3 is 14.4 Å². The second kappa shape index (κ2) is 11.7. The number of nitrogens with zero attached hydrogens (tertiary/aromatic N) is 1. The van der Waals surface area contributed by atoms with Crippen molar-refractivity contribution in [3.05, 3.63) is 64.7 Å². The summed E-state index contributed by atoms with van der Waals surface area (Å²) < 4.78 is 42.6. The molecule has 2 bridgehead atoms. The largest absolute Gasteiger partial charge is 0.490 e. The van der Waals surface area contributed by atoms with Crippen LogP contribution in [0.2, 0.25) is 5.02 Å². The molecule has 2 aliphatic heterocycles. The van der Waals surface area contributed by atoms with Gasteiger partial charge in [0.25, 0.3) is 10.0 Å². The molecule has 7 nitrogen and oxygen atoms in total. The number of anilines is 1. The van der Waals surface area contributed by atoms with E-state index in [1.165, 1.54) is 11.1 Å². The van der Waals surface area contributed by atoms with Crippen molar-refractivity contribution in [3.8, 4) is 5.75 Å². The Morgan fingerprint density at radius 3 is 2.66 bits per heavy atom. The van der Waals surface area contributed by atoms with Crippen LogP contribution in [0.25, 0.3) is 0 Å². The summed E-state index contributed by atoms with van der Waals surface area (Å²) in [5.41, 5.74) is 3.06. The number of rotatable bonds is 2. The Kier molecular flexibility index (Phi) is 7.99. The van der Waals surface area contributed by atoms with Crippen LogP contribution in [0.3, 0.4) is 0 Å². The minimum Gasteiger partial charge on any atom is -0.490 e. The van der Waals surface area contributed by atoms with Crippen molar-refractivity contribution in [2.45, 2.75) is 74.7 Å². The van der Waals surface area contributed by atoms with Gasteiger partial charge in [-0.2, -0.15) is 0 Å². The zero-order chi connectivity index (χ0) is 30.6. The van der Waals surface area contributed by atoms with Crippen molar-refractivity contribution in [3.63, 3.8) is 0 Å². The highest BCUT2D eigenvalue weighted by molar-refractivity contribution is 7.90. The number of nitrogens with one attached hydrogen (secondary N) is 1. The van der Waals surface area contributed by atoms with E-state index in [0.717, 1.165) is 62.2 Å². The van der Waals surface area contributed by atoms with Crippen molar-refractivity contribution < 1.29 is 22.7 Å². The molecule has 2 fully saturated rings. The number of ether oxygens (including phenoxy) is 2. The number of carbonyl (C=O) groups excluding carboxylic acids is 1. The number of hydrogen-bond donors (Lipinski definition) is 1. The van der Waals surface area contributed by atoms with Crippen molar-refractivity contribution in [1.82, 2.24) is 4.72 Å². The Bertz CT molecular complexity index is 1570. The summed E-state index contributed by atoms with van der Waals surface area (Å²) >= 11 is 6.42. The Hall–Kier alpha value is -2.55. The lowest BCUT2D eigenvalue weighted by Crippen LogP contribution is -2.49. The highest BCUT2D eigenvalue weighted by atomic mass is 35.5. The predicted octanol–water partition coefficient (Wildman–Crippen LogP) is 6.28. The first-order chi connectivity index (χ1) is 21.2. The molecule has 44 heavy (non-hydrogen) atoms. The normalized spacial score (nSPS) is 34.0. The topological polar surface area (TPSA) is 84.9 Å². The predicted molar refractivity (Wildman–Crippen MR) is 172 cm³/mol. The molecule has 1 N–H and O–H groups in total. The van der Waals surface area contributed by atoms with Gasteiger partial charge in [0.1, 0.15) is 5.75 Å².